The highest BCUT2D eigenvalue weighted by atomic mass is 32.2. The summed E-state index contributed by atoms with van der Waals surface area (Å²) in [5.41, 5.74) is 2.92. The lowest BCUT2D eigenvalue weighted by atomic mass is 10.1. The van der Waals surface area contributed by atoms with E-state index in [0.717, 1.165) is 16.7 Å². The van der Waals surface area contributed by atoms with Gasteiger partial charge in [-0.15, -0.1) is 10.2 Å². The molecule has 2 aromatic carbocycles. The van der Waals surface area contributed by atoms with Crippen LogP contribution in [-0.2, 0) is 17.9 Å². The number of benzene rings is 2. The van der Waals surface area contributed by atoms with Gasteiger partial charge in [0.15, 0.2) is 0 Å². The Morgan fingerprint density at radius 3 is 2.13 bits per heavy atom. The van der Waals surface area contributed by atoms with Crippen LogP contribution in [0.5, 0.6) is 0 Å². The quantitative estimate of drug-likeness (QED) is 0.395. The number of carbonyl (C=O) groups is 1. The molecule has 0 saturated carbocycles. The molecule has 0 aliphatic carbocycles. The summed E-state index contributed by atoms with van der Waals surface area (Å²) in [6.07, 6.45) is 3.34. The molecule has 150 valence electrons. The minimum absolute atomic E-state index is 0.00818. The predicted molar refractivity (Wildman–Crippen MR) is 115 cm³/mol. The summed E-state index contributed by atoms with van der Waals surface area (Å²) in [6.45, 7) is 1.08. The molecule has 0 N–H and O–H groups in total. The Bertz CT molecular complexity index is 1030. The third-order valence-corrected chi connectivity index (χ3v) is 5.22. The molecule has 0 atom stereocenters. The van der Waals surface area contributed by atoms with E-state index in [4.69, 9.17) is 4.42 Å². The number of rotatable bonds is 8. The maximum Gasteiger partial charge on any atom is 0.277 e. The lowest BCUT2D eigenvalue weighted by Gasteiger charge is -2.23. The third-order valence-electron chi connectivity index (χ3n) is 4.42. The zero-order chi connectivity index (χ0) is 20.6. The molecule has 2 heterocycles. The first-order chi connectivity index (χ1) is 14.8. The number of amides is 1. The highest BCUT2D eigenvalue weighted by molar-refractivity contribution is 7.99. The fraction of sp³-hybridized carbons (Fsp3) is 0.130. The maximum atomic E-state index is 13.0. The van der Waals surface area contributed by atoms with Gasteiger partial charge in [0.1, 0.15) is 0 Å². The van der Waals surface area contributed by atoms with Gasteiger partial charge in [-0.2, -0.15) is 0 Å². The van der Waals surface area contributed by atoms with Crippen LogP contribution in [0.1, 0.15) is 11.1 Å². The van der Waals surface area contributed by atoms with E-state index in [1.54, 1.807) is 18.5 Å². The molecule has 1 amide bonds. The van der Waals surface area contributed by atoms with Gasteiger partial charge in [-0.3, -0.25) is 9.78 Å². The lowest BCUT2D eigenvalue weighted by Crippen LogP contribution is -2.31. The van der Waals surface area contributed by atoms with Crippen LogP contribution >= 0.6 is 11.8 Å². The Labute approximate surface area is 179 Å². The molecule has 6 nitrogen and oxygen atoms in total. The number of aromatic nitrogens is 3. The van der Waals surface area contributed by atoms with Gasteiger partial charge in [-0.1, -0.05) is 72.4 Å². The second-order valence-electron chi connectivity index (χ2n) is 6.62. The second-order valence-corrected chi connectivity index (χ2v) is 7.55. The molecule has 0 aliphatic heterocycles. The molecule has 0 radical (unpaired) electrons. The normalized spacial score (nSPS) is 10.7. The molecular weight excluding hydrogens is 396 g/mol. The van der Waals surface area contributed by atoms with E-state index < -0.39 is 0 Å². The van der Waals surface area contributed by atoms with Gasteiger partial charge >= 0.3 is 0 Å². The summed E-state index contributed by atoms with van der Waals surface area (Å²) in [5, 5.41) is 8.44. The predicted octanol–water partition coefficient (Wildman–Crippen LogP) is 4.45. The van der Waals surface area contributed by atoms with Crippen LogP contribution < -0.4 is 0 Å². The van der Waals surface area contributed by atoms with Crippen molar-refractivity contribution in [2.75, 3.05) is 5.75 Å². The molecule has 4 aromatic rings. The fourth-order valence-corrected chi connectivity index (χ4v) is 3.59. The average molecular weight is 417 g/mol. The number of hydrogen-bond donors (Lipinski definition) is 0. The number of nitrogens with zero attached hydrogens (tertiary/aromatic N) is 4. The zero-order valence-electron chi connectivity index (χ0n) is 16.2. The van der Waals surface area contributed by atoms with Gasteiger partial charge in [-0.25, -0.2) is 0 Å². The van der Waals surface area contributed by atoms with E-state index in [-0.39, 0.29) is 11.7 Å². The van der Waals surface area contributed by atoms with Crippen molar-refractivity contribution in [2.45, 2.75) is 18.3 Å². The molecule has 0 unspecified atom stereocenters. The SMILES string of the molecule is O=C(CSc1nnc(-c2cccnc2)o1)N(Cc1ccccc1)Cc1ccccc1. The molecule has 0 bridgehead atoms. The first-order valence-electron chi connectivity index (χ1n) is 9.50. The molecule has 2 aromatic heterocycles. The summed E-state index contributed by atoms with van der Waals surface area (Å²) < 4.78 is 5.67. The average Bonchev–Trinajstić information content (AvgIpc) is 3.28. The van der Waals surface area contributed by atoms with Crippen LogP contribution in [0.3, 0.4) is 0 Å². The molecule has 0 saturated heterocycles. The largest absolute Gasteiger partial charge is 0.411 e. The van der Waals surface area contributed by atoms with Crippen LogP contribution in [0.25, 0.3) is 11.5 Å². The molecule has 4 rings (SSSR count). The van der Waals surface area contributed by atoms with Gasteiger partial charge in [0.25, 0.3) is 5.22 Å². The van der Waals surface area contributed by atoms with E-state index in [9.17, 15) is 4.79 Å². The number of thioether (sulfide) groups is 1. The van der Waals surface area contributed by atoms with Crippen molar-refractivity contribution in [2.24, 2.45) is 0 Å². The van der Waals surface area contributed by atoms with Crippen LogP contribution in [-0.4, -0.2) is 31.7 Å². The third kappa shape index (κ3) is 5.33. The summed E-state index contributed by atoms with van der Waals surface area (Å²) in [5.74, 6) is 0.617. The standard InChI is InChI=1S/C23H20N4O2S/c28-21(17-30-23-26-25-22(29-23)20-12-7-13-24-14-20)27(15-18-8-3-1-4-9-18)16-19-10-5-2-6-11-19/h1-14H,15-17H2. The van der Waals surface area contributed by atoms with Crippen molar-refractivity contribution >= 4 is 17.7 Å². The summed E-state index contributed by atoms with van der Waals surface area (Å²) in [7, 11) is 0. The fourth-order valence-electron chi connectivity index (χ4n) is 2.93. The van der Waals surface area contributed by atoms with E-state index in [1.807, 2.05) is 71.6 Å². The zero-order valence-corrected chi connectivity index (χ0v) is 17.0. The lowest BCUT2D eigenvalue weighted by molar-refractivity contribution is -0.129. The van der Waals surface area contributed by atoms with Crippen molar-refractivity contribution in [3.63, 3.8) is 0 Å². The highest BCUT2D eigenvalue weighted by Gasteiger charge is 2.17. The van der Waals surface area contributed by atoms with Gasteiger partial charge in [-0.05, 0) is 23.3 Å². The minimum atomic E-state index is 0.00818. The van der Waals surface area contributed by atoms with E-state index in [0.29, 0.717) is 24.2 Å². The molecule has 0 aliphatic rings. The Hall–Kier alpha value is -3.45. The van der Waals surface area contributed by atoms with Crippen LogP contribution in [0.4, 0.5) is 0 Å². The first kappa shape index (κ1) is 19.8. The van der Waals surface area contributed by atoms with Crippen molar-refractivity contribution in [1.82, 2.24) is 20.1 Å². The Balaban J connectivity index is 1.43. The van der Waals surface area contributed by atoms with Crippen molar-refractivity contribution in [3.8, 4) is 11.5 Å². The number of carbonyl (C=O) groups excluding carboxylic acids is 1. The van der Waals surface area contributed by atoms with E-state index in [1.165, 1.54) is 11.8 Å². The highest BCUT2D eigenvalue weighted by Crippen LogP contribution is 2.23. The van der Waals surface area contributed by atoms with E-state index >= 15 is 0 Å². The van der Waals surface area contributed by atoms with Gasteiger partial charge < -0.3 is 9.32 Å². The van der Waals surface area contributed by atoms with Gasteiger partial charge in [0.05, 0.1) is 11.3 Å². The number of pyridine rings is 1. The second kappa shape index (κ2) is 9.84. The molecule has 0 spiro atoms. The van der Waals surface area contributed by atoms with Crippen LogP contribution in [0.2, 0.25) is 0 Å². The molecular formula is C23H20N4O2S. The molecule has 30 heavy (non-hydrogen) atoms. The topological polar surface area (TPSA) is 72.1 Å². The molecule has 0 fully saturated rings. The smallest absolute Gasteiger partial charge is 0.277 e. The summed E-state index contributed by atoms with van der Waals surface area (Å²) in [6, 6.07) is 23.6. The summed E-state index contributed by atoms with van der Waals surface area (Å²) >= 11 is 1.24. The van der Waals surface area contributed by atoms with Crippen LogP contribution in [0.15, 0.2) is 94.8 Å². The van der Waals surface area contributed by atoms with Crippen molar-refractivity contribution < 1.29 is 9.21 Å². The Morgan fingerprint density at radius 1 is 0.867 bits per heavy atom. The van der Waals surface area contributed by atoms with Crippen molar-refractivity contribution in [1.29, 1.82) is 0 Å². The summed E-state index contributed by atoms with van der Waals surface area (Å²) in [4.78, 5) is 18.9. The minimum Gasteiger partial charge on any atom is -0.411 e. The van der Waals surface area contributed by atoms with Crippen LogP contribution in [0, 0.1) is 0 Å². The number of hydrogen-bond acceptors (Lipinski definition) is 6. The Morgan fingerprint density at radius 2 is 1.53 bits per heavy atom. The Kier molecular flexibility index (Phi) is 6.51. The monoisotopic (exact) mass is 416 g/mol. The van der Waals surface area contributed by atoms with E-state index in [2.05, 4.69) is 15.2 Å². The maximum absolute atomic E-state index is 13.0. The van der Waals surface area contributed by atoms with Crippen molar-refractivity contribution in [3.05, 3.63) is 96.3 Å². The van der Waals surface area contributed by atoms with Gasteiger partial charge in [0, 0.05) is 25.5 Å². The first-order valence-corrected chi connectivity index (χ1v) is 10.5. The molecule has 7 heteroatoms. The van der Waals surface area contributed by atoms with Gasteiger partial charge in [0.2, 0.25) is 11.8 Å².